The highest BCUT2D eigenvalue weighted by molar-refractivity contribution is 7.83. The van der Waals surface area contributed by atoms with E-state index in [-0.39, 0.29) is 27.6 Å². The number of carbonyl (C=O) groups excluding carboxylic acids is 1. The summed E-state index contributed by atoms with van der Waals surface area (Å²) in [5.41, 5.74) is 3.43. The van der Waals surface area contributed by atoms with Crippen molar-refractivity contribution in [2.75, 3.05) is 7.11 Å². The summed E-state index contributed by atoms with van der Waals surface area (Å²) in [6, 6.07) is 24.7. The van der Waals surface area contributed by atoms with E-state index < -0.39 is 26.7 Å². The standard InChI is InChI=1S/C30H24N4O7S/c1-41-29-14-7-21(16-27(29)30(35)31-42(40)25-11-8-23(9-12-25)33(36)37)15-22-19-32(18-20-5-3-2-4-6-20)28-13-10-24(34(38)39)17-26(22)28/h2-14,16-17,19H,15,18H2,1H3,(H,31,35). The van der Waals surface area contributed by atoms with Crippen LogP contribution in [0, 0.1) is 20.2 Å². The fourth-order valence-electron chi connectivity index (χ4n) is 4.68. The van der Waals surface area contributed by atoms with Crippen LogP contribution in [0.25, 0.3) is 10.9 Å². The van der Waals surface area contributed by atoms with Gasteiger partial charge in [-0.3, -0.25) is 29.7 Å². The van der Waals surface area contributed by atoms with Gasteiger partial charge < -0.3 is 9.30 Å². The van der Waals surface area contributed by atoms with Gasteiger partial charge in [-0.25, -0.2) is 4.21 Å². The second-order valence-corrected chi connectivity index (χ2v) is 10.6. The number of amides is 1. The molecule has 0 bridgehead atoms. The normalized spacial score (nSPS) is 11.6. The van der Waals surface area contributed by atoms with E-state index in [2.05, 4.69) is 4.72 Å². The van der Waals surface area contributed by atoms with E-state index in [0.717, 1.165) is 27.6 Å². The van der Waals surface area contributed by atoms with Gasteiger partial charge in [0.2, 0.25) is 0 Å². The van der Waals surface area contributed by atoms with Crippen LogP contribution in [-0.2, 0) is 24.0 Å². The number of aromatic nitrogens is 1. The van der Waals surface area contributed by atoms with Gasteiger partial charge >= 0.3 is 0 Å². The van der Waals surface area contributed by atoms with E-state index in [1.807, 2.05) is 41.1 Å². The molecule has 0 spiro atoms. The summed E-state index contributed by atoms with van der Waals surface area (Å²) in [5.74, 6) is -0.397. The number of nitro benzene ring substituents is 2. The molecule has 212 valence electrons. The summed E-state index contributed by atoms with van der Waals surface area (Å²) in [4.78, 5) is 34.8. The Hall–Kier alpha value is -5.36. The average molecular weight is 585 g/mol. The molecular weight excluding hydrogens is 560 g/mol. The van der Waals surface area contributed by atoms with Crippen LogP contribution in [0.4, 0.5) is 11.4 Å². The van der Waals surface area contributed by atoms with Crippen LogP contribution in [0.5, 0.6) is 5.75 Å². The molecular formula is C30H24N4O7S. The van der Waals surface area contributed by atoms with Crippen molar-refractivity contribution in [1.82, 2.24) is 9.29 Å². The first-order chi connectivity index (χ1) is 20.2. The maximum Gasteiger partial charge on any atom is 0.270 e. The minimum absolute atomic E-state index is 0.0234. The lowest BCUT2D eigenvalue weighted by molar-refractivity contribution is -0.385. The van der Waals surface area contributed by atoms with Gasteiger partial charge in [0.25, 0.3) is 17.3 Å². The van der Waals surface area contributed by atoms with E-state index in [4.69, 9.17) is 4.74 Å². The lowest BCUT2D eigenvalue weighted by Crippen LogP contribution is -2.26. The van der Waals surface area contributed by atoms with Crippen molar-refractivity contribution in [3.63, 3.8) is 0 Å². The number of hydrogen-bond donors (Lipinski definition) is 1. The lowest BCUT2D eigenvalue weighted by atomic mass is 10.0. The predicted octanol–water partition coefficient (Wildman–Crippen LogP) is 5.56. The zero-order chi connectivity index (χ0) is 29.8. The molecule has 0 aliphatic rings. The van der Waals surface area contributed by atoms with Crippen molar-refractivity contribution in [3.05, 3.63) is 140 Å². The lowest BCUT2D eigenvalue weighted by Gasteiger charge is -2.11. The smallest absolute Gasteiger partial charge is 0.270 e. The maximum atomic E-state index is 13.2. The molecule has 0 saturated carbocycles. The van der Waals surface area contributed by atoms with Gasteiger partial charge in [-0.15, -0.1) is 0 Å². The number of hydrogen-bond acceptors (Lipinski definition) is 7. The van der Waals surface area contributed by atoms with E-state index in [9.17, 15) is 29.2 Å². The molecule has 0 aliphatic carbocycles. The number of fused-ring (bicyclic) bond motifs is 1. The molecule has 1 atom stereocenters. The summed E-state index contributed by atoms with van der Waals surface area (Å²) in [5, 5.41) is 23.1. The third kappa shape index (κ3) is 6.03. The number of carbonyl (C=O) groups is 1. The molecule has 0 fully saturated rings. The molecule has 42 heavy (non-hydrogen) atoms. The molecule has 11 nitrogen and oxygen atoms in total. The number of methoxy groups -OCH3 is 1. The molecule has 1 N–H and O–H groups in total. The first-order valence-electron chi connectivity index (χ1n) is 12.7. The second-order valence-electron chi connectivity index (χ2n) is 9.39. The molecule has 5 aromatic rings. The summed E-state index contributed by atoms with van der Waals surface area (Å²) < 4.78 is 22.6. The Kier molecular flexibility index (Phi) is 8.07. The van der Waals surface area contributed by atoms with E-state index in [1.54, 1.807) is 30.3 Å². The zero-order valence-corrected chi connectivity index (χ0v) is 23.1. The Morgan fingerprint density at radius 1 is 0.881 bits per heavy atom. The van der Waals surface area contributed by atoms with Crippen LogP contribution in [0.15, 0.2) is 102 Å². The van der Waals surface area contributed by atoms with Crippen LogP contribution < -0.4 is 9.46 Å². The highest BCUT2D eigenvalue weighted by atomic mass is 32.2. The van der Waals surface area contributed by atoms with Crippen LogP contribution in [0.3, 0.4) is 0 Å². The van der Waals surface area contributed by atoms with Crippen molar-refractivity contribution in [2.45, 2.75) is 17.9 Å². The van der Waals surface area contributed by atoms with Crippen molar-refractivity contribution in [2.24, 2.45) is 0 Å². The minimum Gasteiger partial charge on any atom is -0.496 e. The van der Waals surface area contributed by atoms with Crippen molar-refractivity contribution >= 4 is 39.2 Å². The average Bonchev–Trinajstić information content (AvgIpc) is 3.33. The number of ether oxygens (including phenoxy) is 1. The second kappa shape index (κ2) is 12.0. The van der Waals surface area contributed by atoms with Crippen LogP contribution in [0.1, 0.15) is 27.0 Å². The topological polar surface area (TPSA) is 147 Å². The van der Waals surface area contributed by atoms with Gasteiger partial charge in [0.15, 0.2) is 11.0 Å². The van der Waals surface area contributed by atoms with Gasteiger partial charge in [0, 0.05) is 47.9 Å². The molecule has 1 heterocycles. The molecule has 1 unspecified atom stereocenters. The Morgan fingerprint density at radius 3 is 2.24 bits per heavy atom. The Balaban J connectivity index is 1.45. The number of nitrogens with one attached hydrogen (secondary N) is 1. The number of benzene rings is 4. The third-order valence-corrected chi connectivity index (χ3v) is 7.77. The van der Waals surface area contributed by atoms with Crippen LogP contribution in [-0.4, -0.2) is 31.6 Å². The molecule has 1 aromatic heterocycles. The van der Waals surface area contributed by atoms with Gasteiger partial charge in [-0.05, 0) is 53.4 Å². The van der Waals surface area contributed by atoms with E-state index >= 15 is 0 Å². The SMILES string of the molecule is COc1ccc(Cc2cn(Cc3ccccc3)c3ccc([N+](=O)[O-])cc23)cc1C(=O)NS(=O)c1ccc([N+](=O)[O-])cc1. The summed E-state index contributed by atoms with van der Waals surface area (Å²) >= 11 is 0. The van der Waals surface area contributed by atoms with Crippen LogP contribution in [0.2, 0.25) is 0 Å². The maximum absolute atomic E-state index is 13.2. The highest BCUT2D eigenvalue weighted by Gasteiger charge is 2.19. The number of nitrogens with zero attached hydrogens (tertiary/aromatic N) is 3. The first kappa shape index (κ1) is 28.2. The predicted molar refractivity (Wildman–Crippen MR) is 157 cm³/mol. The fraction of sp³-hybridized carbons (Fsp3) is 0.100. The summed E-state index contributed by atoms with van der Waals surface area (Å²) in [6.45, 7) is 0.569. The van der Waals surface area contributed by atoms with Crippen molar-refractivity contribution in [3.8, 4) is 5.75 Å². The molecule has 1 amide bonds. The van der Waals surface area contributed by atoms with E-state index in [1.165, 1.54) is 37.4 Å². The quantitative estimate of drug-likeness (QED) is 0.167. The molecule has 12 heteroatoms. The van der Waals surface area contributed by atoms with Crippen molar-refractivity contribution in [1.29, 1.82) is 0 Å². The number of rotatable bonds is 10. The Bertz CT molecular complexity index is 1840. The van der Waals surface area contributed by atoms with Gasteiger partial charge in [0.05, 0.1) is 27.4 Å². The molecule has 4 aromatic carbocycles. The van der Waals surface area contributed by atoms with Gasteiger partial charge in [-0.1, -0.05) is 36.4 Å². The molecule has 0 radical (unpaired) electrons. The summed E-state index contributed by atoms with van der Waals surface area (Å²) in [6.07, 6.45) is 2.31. The molecule has 0 aliphatic heterocycles. The summed E-state index contributed by atoms with van der Waals surface area (Å²) in [7, 11) is -0.565. The van der Waals surface area contributed by atoms with Gasteiger partial charge in [0.1, 0.15) is 5.75 Å². The molecule has 5 rings (SSSR count). The minimum atomic E-state index is -1.98. The fourth-order valence-corrected chi connectivity index (χ4v) is 5.46. The Morgan fingerprint density at radius 2 is 1.57 bits per heavy atom. The van der Waals surface area contributed by atoms with Gasteiger partial charge in [-0.2, -0.15) is 0 Å². The first-order valence-corrected chi connectivity index (χ1v) is 13.8. The van der Waals surface area contributed by atoms with E-state index in [0.29, 0.717) is 13.0 Å². The monoisotopic (exact) mass is 584 g/mol. The van der Waals surface area contributed by atoms with Crippen LogP contribution >= 0.6 is 0 Å². The third-order valence-electron chi connectivity index (χ3n) is 6.70. The number of nitro groups is 2. The highest BCUT2D eigenvalue weighted by Crippen LogP contribution is 2.30. The Labute approximate surface area is 242 Å². The number of non-ortho nitro benzene ring substituents is 2. The zero-order valence-electron chi connectivity index (χ0n) is 22.3. The molecule has 0 saturated heterocycles. The largest absolute Gasteiger partial charge is 0.496 e. The van der Waals surface area contributed by atoms with Crippen molar-refractivity contribution < 1.29 is 23.6 Å².